The molecule has 0 aliphatic heterocycles. The SMILES string of the molecule is COCC(C)Nc1ccc(NS(=O)(=O)N(C)C)c(Nc2ccc3n[nH]nc3c2)n1. The number of pyridine rings is 1. The van der Waals surface area contributed by atoms with Crippen molar-refractivity contribution in [2.45, 2.75) is 13.0 Å². The summed E-state index contributed by atoms with van der Waals surface area (Å²) in [6.07, 6.45) is 0. The van der Waals surface area contributed by atoms with E-state index in [1.807, 2.05) is 13.0 Å². The third-order valence-corrected chi connectivity index (χ3v) is 5.44. The van der Waals surface area contributed by atoms with Gasteiger partial charge in [-0.05, 0) is 37.3 Å². The van der Waals surface area contributed by atoms with Gasteiger partial charge in [0.05, 0.1) is 12.3 Å². The fourth-order valence-corrected chi connectivity index (χ4v) is 3.17. The van der Waals surface area contributed by atoms with Gasteiger partial charge in [0, 0.05) is 32.9 Å². The number of hydrogen-bond acceptors (Lipinski definition) is 8. The first kappa shape index (κ1) is 20.8. The van der Waals surface area contributed by atoms with Crippen LogP contribution in [-0.4, -0.2) is 67.0 Å². The van der Waals surface area contributed by atoms with Crippen LogP contribution in [0, 0.1) is 0 Å². The van der Waals surface area contributed by atoms with Gasteiger partial charge in [0.2, 0.25) is 0 Å². The highest BCUT2D eigenvalue weighted by atomic mass is 32.2. The number of nitrogens with one attached hydrogen (secondary N) is 4. The molecule has 0 saturated carbocycles. The number of fused-ring (bicyclic) bond motifs is 1. The van der Waals surface area contributed by atoms with Crippen LogP contribution in [0.3, 0.4) is 0 Å². The molecule has 0 amide bonds. The van der Waals surface area contributed by atoms with E-state index >= 15 is 0 Å². The highest BCUT2D eigenvalue weighted by molar-refractivity contribution is 7.90. The lowest BCUT2D eigenvalue weighted by atomic mass is 10.2. The zero-order valence-electron chi connectivity index (χ0n) is 16.6. The fourth-order valence-electron chi connectivity index (χ4n) is 2.55. The van der Waals surface area contributed by atoms with Gasteiger partial charge in [0.1, 0.15) is 16.9 Å². The molecule has 0 spiro atoms. The normalized spacial score (nSPS) is 12.9. The summed E-state index contributed by atoms with van der Waals surface area (Å²) in [6, 6.07) is 8.77. The van der Waals surface area contributed by atoms with Gasteiger partial charge in [0.15, 0.2) is 5.82 Å². The third kappa shape index (κ3) is 5.10. The Hall–Kier alpha value is -2.96. The molecule has 2 aromatic heterocycles. The largest absolute Gasteiger partial charge is 0.383 e. The van der Waals surface area contributed by atoms with E-state index < -0.39 is 10.2 Å². The van der Waals surface area contributed by atoms with Crippen LogP contribution >= 0.6 is 0 Å². The van der Waals surface area contributed by atoms with Crippen molar-refractivity contribution in [1.29, 1.82) is 0 Å². The number of nitrogens with zero attached hydrogens (tertiary/aromatic N) is 4. The molecule has 0 radical (unpaired) electrons. The minimum atomic E-state index is -3.70. The maximum absolute atomic E-state index is 12.3. The van der Waals surface area contributed by atoms with Gasteiger partial charge >= 0.3 is 10.2 Å². The van der Waals surface area contributed by atoms with Crippen molar-refractivity contribution in [3.05, 3.63) is 30.3 Å². The molecule has 29 heavy (non-hydrogen) atoms. The number of hydrogen-bond donors (Lipinski definition) is 4. The minimum Gasteiger partial charge on any atom is -0.383 e. The van der Waals surface area contributed by atoms with Gasteiger partial charge in [-0.2, -0.15) is 28.1 Å². The van der Waals surface area contributed by atoms with Gasteiger partial charge in [-0.25, -0.2) is 4.98 Å². The number of aromatic amines is 1. The first-order valence-electron chi connectivity index (χ1n) is 8.83. The number of H-pyrrole nitrogens is 1. The van der Waals surface area contributed by atoms with Crippen molar-refractivity contribution in [1.82, 2.24) is 24.7 Å². The smallest absolute Gasteiger partial charge is 0.301 e. The molecule has 11 nitrogen and oxygen atoms in total. The molecule has 156 valence electrons. The van der Waals surface area contributed by atoms with Crippen molar-refractivity contribution in [3.8, 4) is 0 Å². The number of rotatable bonds is 9. The first-order chi connectivity index (χ1) is 13.8. The highest BCUT2D eigenvalue weighted by Crippen LogP contribution is 2.28. The molecule has 1 unspecified atom stereocenters. The van der Waals surface area contributed by atoms with E-state index in [0.717, 1.165) is 9.82 Å². The predicted octanol–water partition coefficient (Wildman–Crippen LogP) is 1.76. The van der Waals surface area contributed by atoms with E-state index in [0.29, 0.717) is 35.1 Å². The van der Waals surface area contributed by atoms with Crippen LogP contribution in [0.4, 0.5) is 23.0 Å². The summed E-state index contributed by atoms with van der Waals surface area (Å²) in [7, 11) is 0.818. The second-order valence-corrected chi connectivity index (χ2v) is 8.52. The molecule has 0 saturated heterocycles. The van der Waals surface area contributed by atoms with Gasteiger partial charge in [-0.15, -0.1) is 0 Å². The lowest BCUT2D eigenvalue weighted by Crippen LogP contribution is -2.29. The van der Waals surface area contributed by atoms with Gasteiger partial charge in [0.25, 0.3) is 0 Å². The summed E-state index contributed by atoms with van der Waals surface area (Å²) in [6.45, 7) is 2.46. The van der Waals surface area contributed by atoms with Crippen LogP contribution in [0.1, 0.15) is 6.92 Å². The molecule has 0 bridgehead atoms. The van der Waals surface area contributed by atoms with Crippen LogP contribution in [0.5, 0.6) is 0 Å². The maximum Gasteiger partial charge on any atom is 0.301 e. The minimum absolute atomic E-state index is 0.0242. The van der Waals surface area contributed by atoms with Crippen molar-refractivity contribution < 1.29 is 13.2 Å². The molecule has 2 heterocycles. The van der Waals surface area contributed by atoms with E-state index in [-0.39, 0.29) is 6.04 Å². The summed E-state index contributed by atoms with van der Waals surface area (Å²) < 4.78 is 33.3. The van der Waals surface area contributed by atoms with Gasteiger partial charge < -0.3 is 15.4 Å². The quantitative estimate of drug-likeness (QED) is 0.411. The molecule has 1 atom stereocenters. The molecular weight excluding hydrogens is 396 g/mol. The molecule has 1 aromatic carbocycles. The second kappa shape index (κ2) is 8.59. The highest BCUT2D eigenvalue weighted by Gasteiger charge is 2.17. The average molecular weight is 420 g/mol. The Kier molecular flexibility index (Phi) is 6.15. The lowest BCUT2D eigenvalue weighted by Gasteiger charge is -2.19. The van der Waals surface area contributed by atoms with Crippen molar-refractivity contribution in [2.24, 2.45) is 0 Å². The summed E-state index contributed by atoms with van der Waals surface area (Å²) in [4.78, 5) is 4.53. The van der Waals surface area contributed by atoms with Crippen LogP contribution in [0.25, 0.3) is 11.0 Å². The summed E-state index contributed by atoms with van der Waals surface area (Å²) in [5.41, 5.74) is 2.39. The molecule has 0 aliphatic rings. The first-order valence-corrected chi connectivity index (χ1v) is 10.3. The maximum atomic E-state index is 12.3. The van der Waals surface area contributed by atoms with Gasteiger partial charge in [-0.3, -0.25) is 4.72 Å². The second-order valence-electron chi connectivity index (χ2n) is 6.63. The van der Waals surface area contributed by atoms with Crippen LogP contribution in [0.15, 0.2) is 30.3 Å². The zero-order valence-corrected chi connectivity index (χ0v) is 17.4. The van der Waals surface area contributed by atoms with Crippen molar-refractivity contribution >= 4 is 44.3 Å². The van der Waals surface area contributed by atoms with Crippen LogP contribution < -0.4 is 15.4 Å². The standard InChI is InChI=1S/C17H24N8O3S/c1-11(10-28-4)18-16-8-7-14(23-29(26,27)25(2)3)17(20-16)19-12-5-6-13-15(9-12)22-24-21-13/h5-9,11,23H,10H2,1-4H3,(H2,18,19,20)(H,21,22,24). The number of aromatic nitrogens is 4. The third-order valence-electron chi connectivity index (χ3n) is 4.00. The Bertz CT molecular complexity index is 1080. The molecule has 4 N–H and O–H groups in total. The molecule has 3 aromatic rings. The predicted molar refractivity (Wildman–Crippen MR) is 113 cm³/mol. The zero-order chi connectivity index (χ0) is 21.0. The van der Waals surface area contributed by atoms with E-state index in [1.54, 1.807) is 31.4 Å². The topological polar surface area (TPSA) is 137 Å². The Balaban J connectivity index is 1.94. The Morgan fingerprint density at radius 3 is 2.66 bits per heavy atom. The van der Waals surface area contributed by atoms with Crippen molar-refractivity contribution in [3.63, 3.8) is 0 Å². The lowest BCUT2D eigenvalue weighted by molar-refractivity contribution is 0.190. The number of ether oxygens (including phenoxy) is 1. The fraction of sp³-hybridized carbons (Fsp3) is 0.353. The Morgan fingerprint density at radius 1 is 1.17 bits per heavy atom. The monoisotopic (exact) mass is 420 g/mol. The average Bonchev–Trinajstić information content (AvgIpc) is 3.11. The molecule has 0 fully saturated rings. The van der Waals surface area contributed by atoms with Gasteiger partial charge in [-0.1, -0.05) is 0 Å². The number of benzene rings is 1. The van der Waals surface area contributed by atoms with E-state index in [4.69, 9.17) is 4.74 Å². The van der Waals surface area contributed by atoms with E-state index in [1.165, 1.54) is 14.1 Å². The Labute approximate surface area is 169 Å². The van der Waals surface area contributed by atoms with E-state index in [2.05, 4.69) is 35.8 Å². The summed E-state index contributed by atoms with van der Waals surface area (Å²) in [5.74, 6) is 0.917. The van der Waals surface area contributed by atoms with E-state index in [9.17, 15) is 8.42 Å². The van der Waals surface area contributed by atoms with Crippen molar-refractivity contribution in [2.75, 3.05) is 43.2 Å². The van der Waals surface area contributed by atoms with Crippen LogP contribution in [0.2, 0.25) is 0 Å². The molecule has 3 rings (SSSR count). The van der Waals surface area contributed by atoms with Crippen LogP contribution in [-0.2, 0) is 14.9 Å². The summed E-state index contributed by atoms with van der Waals surface area (Å²) in [5, 5.41) is 17.0. The Morgan fingerprint density at radius 2 is 1.93 bits per heavy atom. The molecule has 0 aliphatic carbocycles. The molecule has 12 heteroatoms. The number of methoxy groups -OCH3 is 1. The number of anilines is 4. The molecular formula is C17H24N8O3S. The summed E-state index contributed by atoms with van der Waals surface area (Å²) >= 11 is 0.